The first-order valence-electron chi connectivity index (χ1n) is 5.73. The highest BCUT2D eigenvalue weighted by Crippen LogP contribution is 2.31. The van der Waals surface area contributed by atoms with E-state index in [4.69, 9.17) is 11.6 Å². The molecule has 0 bridgehead atoms. The van der Waals surface area contributed by atoms with E-state index in [0.29, 0.717) is 10.4 Å². The highest BCUT2D eigenvalue weighted by Gasteiger charge is 2.10. The van der Waals surface area contributed by atoms with Crippen LogP contribution in [0, 0.1) is 0 Å². The Labute approximate surface area is 123 Å². The van der Waals surface area contributed by atoms with Crippen molar-refractivity contribution in [3.8, 4) is 11.3 Å². The molecule has 1 aromatic heterocycles. The van der Waals surface area contributed by atoms with Crippen LogP contribution in [0.15, 0.2) is 57.8 Å². The maximum absolute atomic E-state index is 12.1. The lowest BCUT2D eigenvalue weighted by atomic mass is 10.1. The summed E-state index contributed by atoms with van der Waals surface area (Å²) < 4.78 is 0.880. The monoisotopic (exact) mass is 333 g/mol. The number of halogens is 2. The lowest BCUT2D eigenvalue weighted by molar-refractivity contribution is 1.27. The molecule has 94 valence electrons. The van der Waals surface area contributed by atoms with Crippen molar-refractivity contribution in [3.05, 3.63) is 68.4 Å². The largest absolute Gasteiger partial charge is 0.320 e. The Morgan fingerprint density at radius 2 is 1.58 bits per heavy atom. The van der Waals surface area contributed by atoms with Gasteiger partial charge in [-0.05, 0) is 39.7 Å². The molecule has 2 aromatic carbocycles. The maximum atomic E-state index is 12.1. The molecule has 1 heterocycles. The first-order valence-corrected chi connectivity index (χ1v) is 6.90. The second kappa shape index (κ2) is 4.83. The van der Waals surface area contributed by atoms with Gasteiger partial charge in [0.25, 0.3) is 5.56 Å². The van der Waals surface area contributed by atoms with Crippen molar-refractivity contribution in [1.82, 2.24) is 4.98 Å². The van der Waals surface area contributed by atoms with Crippen LogP contribution < -0.4 is 5.56 Å². The predicted molar refractivity (Wildman–Crippen MR) is 82.7 cm³/mol. The van der Waals surface area contributed by atoms with E-state index in [2.05, 4.69) is 20.9 Å². The topological polar surface area (TPSA) is 32.9 Å². The van der Waals surface area contributed by atoms with Gasteiger partial charge in [0.15, 0.2) is 0 Å². The molecule has 0 radical (unpaired) electrons. The minimum absolute atomic E-state index is 0.0937. The highest BCUT2D eigenvalue weighted by atomic mass is 79.9. The fourth-order valence-electron chi connectivity index (χ4n) is 2.06. The molecule has 0 fully saturated rings. The van der Waals surface area contributed by atoms with Gasteiger partial charge in [0.05, 0.1) is 5.69 Å². The molecule has 3 rings (SSSR count). The molecule has 0 spiro atoms. The smallest absolute Gasteiger partial charge is 0.256 e. The zero-order chi connectivity index (χ0) is 13.4. The number of H-pyrrole nitrogens is 1. The van der Waals surface area contributed by atoms with E-state index in [1.165, 1.54) is 0 Å². The number of hydrogen-bond donors (Lipinski definition) is 1. The Bertz CT molecular complexity index is 808. The molecule has 0 saturated carbocycles. The van der Waals surface area contributed by atoms with Crippen LogP contribution in [0.3, 0.4) is 0 Å². The molecule has 0 amide bonds. The van der Waals surface area contributed by atoms with Crippen LogP contribution in [0.5, 0.6) is 0 Å². The number of fused-ring (bicyclic) bond motifs is 1. The van der Waals surface area contributed by atoms with Gasteiger partial charge in [-0.3, -0.25) is 4.79 Å². The third-order valence-corrected chi connectivity index (χ3v) is 4.07. The molecule has 4 heteroatoms. The van der Waals surface area contributed by atoms with Crippen molar-refractivity contribution in [2.45, 2.75) is 0 Å². The van der Waals surface area contributed by atoms with Crippen LogP contribution in [0.25, 0.3) is 22.0 Å². The average molecular weight is 335 g/mol. The molecule has 0 aliphatic heterocycles. The third-order valence-electron chi connectivity index (χ3n) is 3.00. The van der Waals surface area contributed by atoms with Crippen LogP contribution in [0.2, 0.25) is 5.02 Å². The molecular formula is C15H9BrClNO. The van der Waals surface area contributed by atoms with Gasteiger partial charge < -0.3 is 4.98 Å². The summed E-state index contributed by atoms with van der Waals surface area (Å²) in [5.41, 5.74) is 1.59. The van der Waals surface area contributed by atoms with Crippen LogP contribution >= 0.6 is 27.5 Å². The van der Waals surface area contributed by atoms with E-state index in [1.54, 1.807) is 12.1 Å². The van der Waals surface area contributed by atoms with E-state index in [1.807, 2.05) is 36.4 Å². The van der Waals surface area contributed by atoms with Crippen molar-refractivity contribution in [3.63, 3.8) is 0 Å². The maximum Gasteiger partial charge on any atom is 0.256 e. The zero-order valence-electron chi connectivity index (χ0n) is 9.78. The van der Waals surface area contributed by atoms with Crippen molar-refractivity contribution < 1.29 is 0 Å². The summed E-state index contributed by atoms with van der Waals surface area (Å²) in [4.78, 5) is 15.0. The number of benzene rings is 2. The van der Waals surface area contributed by atoms with Gasteiger partial charge in [-0.15, -0.1) is 0 Å². The minimum Gasteiger partial charge on any atom is -0.320 e. The molecule has 0 unspecified atom stereocenters. The summed E-state index contributed by atoms with van der Waals surface area (Å²) in [7, 11) is 0. The summed E-state index contributed by atoms with van der Waals surface area (Å²) in [5, 5.41) is 2.24. The van der Waals surface area contributed by atoms with Crippen LogP contribution in [-0.4, -0.2) is 4.98 Å². The number of pyridine rings is 1. The first-order chi connectivity index (χ1) is 9.16. The number of rotatable bonds is 1. The van der Waals surface area contributed by atoms with Crippen LogP contribution in [-0.2, 0) is 0 Å². The second-order valence-corrected chi connectivity index (χ2v) is 5.43. The Morgan fingerprint density at radius 3 is 2.26 bits per heavy atom. The molecule has 19 heavy (non-hydrogen) atoms. The van der Waals surface area contributed by atoms with Gasteiger partial charge in [-0.25, -0.2) is 0 Å². The molecule has 3 aromatic rings. The Morgan fingerprint density at radius 1 is 0.947 bits per heavy atom. The minimum atomic E-state index is -0.0937. The Hall–Kier alpha value is -1.58. The van der Waals surface area contributed by atoms with E-state index < -0.39 is 0 Å². The van der Waals surface area contributed by atoms with Crippen LogP contribution in [0.4, 0.5) is 0 Å². The van der Waals surface area contributed by atoms with Gasteiger partial charge in [0.1, 0.15) is 0 Å². The number of aromatic amines is 1. The van der Waals surface area contributed by atoms with E-state index in [0.717, 1.165) is 21.1 Å². The van der Waals surface area contributed by atoms with Crippen molar-refractivity contribution in [2.24, 2.45) is 0 Å². The predicted octanol–water partition coefficient (Wildman–Crippen LogP) is 4.61. The molecule has 0 aliphatic rings. The molecule has 0 atom stereocenters. The second-order valence-electron chi connectivity index (χ2n) is 4.20. The molecule has 0 aliphatic carbocycles. The summed E-state index contributed by atoms with van der Waals surface area (Å²) in [6, 6.07) is 14.9. The van der Waals surface area contributed by atoms with Crippen molar-refractivity contribution in [2.75, 3.05) is 0 Å². The summed E-state index contributed by atoms with van der Waals surface area (Å²) in [6.45, 7) is 0. The Kier molecular flexibility index (Phi) is 3.17. The Balaban J connectivity index is 2.33. The van der Waals surface area contributed by atoms with E-state index in [9.17, 15) is 4.79 Å². The number of nitrogens with one attached hydrogen (secondary N) is 1. The normalized spacial score (nSPS) is 10.8. The van der Waals surface area contributed by atoms with Gasteiger partial charge in [-0.2, -0.15) is 0 Å². The molecule has 1 N–H and O–H groups in total. The lowest BCUT2D eigenvalue weighted by Crippen LogP contribution is -2.08. The van der Waals surface area contributed by atoms with E-state index in [-0.39, 0.29) is 5.56 Å². The first kappa shape index (κ1) is 12.5. The zero-order valence-corrected chi connectivity index (χ0v) is 12.1. The van der Waals surface area contributed by atoms with Gasteiger partial charge in [0.2, 0.25) is 0 Å². The van der Waals surface area contributed by atoms with Crippen molar-refractivity contribution >= 4 is 38.3 Å². The fraction of sp³-hybridized carbons (Fsp3) is 0. The summed E-state index contributed by atoms with van der Waals surface area (Å²) in [5.74, 6) is 0. The summed E-state index contributed by atoms with van der Waals surface area (Å²) >= 11 is 9.45. The van der Waals surface area contributed by atoms with Gasteiger partial charge in [0, 0.05) is 20.3 Å². The van der Waals surface area contributed by atoms with Gasteiger partial charge >= 0.3 is 0 Å². The van der Waals surface area contributed by atoms with Gasteiger partial charge in [-0.1, -0.05) is 41.9 Å². The molecular weight excluding hydrogens is 326 g/mol. The number of hydrogen-bond acceptors (Lipinski definition) is 1. The SMILES string of the molecule is O=c1[nH]c(-c2ccc(Cl)cc2)c(Br)c2ccccc12. The van der Waals surface area contributed by atoms with Crippen LogP contribution in [0.1, 0.15) is 0 Å². The highest BCUT2D eigenvalue weighted by molar-refractivity contribution is 9.10. The lowest BCUT2D eigenvalue weighted by Gasteiger charge is -2.08. The third kappa shape index (κ3) is 2.20. The molecule has 0 saturated heterocycles. The fourth-order valence-corrected chi connectivity index (χ4v) is 2.86. The van der Waals surface area contributed by atoms with E-state index >= 15 is 0 Å². The summed E-state index contributed by atoms with van der Waals surface area (Å²) in [6.07, 6.45) is 0. The van der Waals surface area contributed by atoms with Crippen molar-refractivity contribution in [1.29, 1.82) is 0 Å². The number of aromatic nitrogens is 1. The standard InChI is InChI=1S/C15H9BrClNO/c16-13-11-3-1-2-4-12(11)15(19)18-14(13)9-5-7-10(17)8-6-9/h1-8H,(H,18,19). The molecule has 2 nitrogen and oxygen atoms in total. The average Bonchev–Trinajstić information content (AvgIpc) is 2.44. The quantitative estimate of drug-likeness (QED) is 0.692.